The first-order valence-electron chi connectivity index (χ1n) is 7.55. The molecule has 122 valence electrons. The van der Waals surface area contributed by atoms with Crippen LogP contribution in [0.5, 0.6) is 0 Å². The molecular weight excluding hydrogens is 310 g/mol. The fourth-order valence-corrected chi connectivity index (χ4v) is 2.90. The molecule has 5 heteroatoms. The van der Waals surface area contributed by atoms with E-state index in [1.807, 2.05) is 18.2 Å². The number of hydrogen-bond acceptors (Lipinski definition) is 3. The van der Waals surface area contributed by atoms with E-state index in [1.165, 1.54) is 24.0 Å². The number of carbonyl (C=O) groups excluding carboxylic acids is 1. The van der Waals surface area contributed by atoms with Crippen molar-refractivity contribution in [1.82, 2.24) is 5.32 Å². The van der Waals surface area contributed by atoms with Gasteiger partial charge in [0, 0.05) is 12.8 Å². The molecule has 0 atom stereocenters. The maximum absolute atomic E-state index is 11.9. The van der Waals surface area contributed by atoms with E-state index in [-0.39, 0.29) is 17.2 Å². The maximum Gasteiger partial charge on any atom is 0.224 e. The van der Waals surface area contributed by atoms with E-state index in [2.05, 4.69) is 17.4 Å². The Morgan fingerprint density at radius 3 is 2.22 bits per heavy atom. The molecule has 2 aromatic carbocycles. The van der Waals surface area contributed by atoms with Gasteiger partial charge in [-0.15, -0.1) is 0 Å². The van der Waals surface area contributed by atoms with Gasteiger partial charge >= 0.3 is 0 Å². The summed E-state index contributed by atoms with van der Waals surface area (Å²) in [6.07, 6.45) is 3.25. The predicted molar refractivity (Wildman–Crippen MR) is 91.0 cm³/mol. The lowest BCUT2D eigenvalue weighted by molar-refractivity contribution is -0.120. The van der Waals surface area contributed by atoms with Gasteiger partial charge in [0.2, 0.25) is 5.91 Å². The molecule has 0 saturated carbocycles. The highest BCUT2D eigenvalue weighted by molar-refractivity contribution is 7.90. The molecule has 1 amide bonds. The standard InChI is InChI=1S/C18H21NO3S/c1-23(21,22)17-11-9-16(10-12-17)14-18(20)19-13-5-8-15-6-3-2-4-7-15/h2-4,6-7,9-12H,5,8,13-14H2,1H3,(H,19,20). The molecule has 2 rings (SSSR count). The molecule has 0 bridgehead atoms. The Balaban J connectivity index is 1.74. The van der Waals surface area contributed by atoms with E-state index in [4.69, 9.17) is 0 Å². The number of hydrogen-bond donors (Lipinski definition) is 1. The molecule has 0 saturated heterocycles. The number of aryl methyl sites for hydroxylation is 1. The van der Waals surface area contributed by atoms with Crippen LogP contribution in [-0.4, -0.2) is 27.1 Å². The number of carbonyl (C=O) groups is 1. The van der Waals surface area contributed by atoms with Crippen LogP contribution in [0.4, 0.5) is 0 Å². The van der Waals surface area contributed by atoms with Crippen molar-refractivity contribution in [2.45, 2.75) is 24.2 Å². The average Bonchev–Trinajstić information content (AvgIpc) is 2.52. The third-order valence-corrected chi connectivity index (χ3v) is 4.65. The van der Waals surface area contributed by atoms with Gasteiger partial charge in [0.25, 0.3) is 0 Å². The molecule has 0 aliphatic heterocycles. The number of rotatable bonds is 7. The molecule has 0 aliphatic carbocycles. The average molecular weight is 331 g/mol. The Morgan fingerprint density at radius 1 is 0.957 bits per heavy atom. The Kier molecular flexibility index (Phi) is 5.93. The number of sulfone groups is 1. The van der Waals surface area contributed by atoms with Crippen LogP contribution in [0.3, 0.4) is 0 Å². The van der Waals surface area contributed by atoms with Gasteiger partial charge in [-0.2, -0.15) is 0 Å². The summed E-state index contributed by atoms with van der Waals surface area (Å²) in [4.78, 5) is 12.1. The first kappa shape index (κ1) is 17.2. The summed E-state index contributed by atoms with van der Waals surface area (Å²) in [5, 5.41) is 2.89. The van der Waals surface area contributed by atoms with Crippen LogP contribution in [0, 0.1) is 0 Å². The first-order chi connectivity index (χ1) is 10.9. The summed E-state index contributed by atoms with van der Waals surface area (Å²) < 4.78 is 22.8. The molecule has 0 spiro atoms. The highest BCUT2D eigenvalue weighted by atomic mass is 32.2. The fourth-order valence-electron chi connectivity index (χ4n) is 2.27. The van der Waals surface area contributed by atoms with Crippen molar-refractivity contribution in [3.63, 3.8) is 0 Å². The second-order valence-corrected chi connectivity index (χ2v) is 7.55. The number of amides is 1. The lowest BCUT2D eigenvalue weighted by atomic mass is 10.1. The van der Waals surface area contributed by atoms with Gasteiger partial charge in [0.1, 0.15) is 0 Å². The van der Waals surface area contributed by atoms with E-state index in [0.29, 0.717) is 6.54 Å². The molecular formula is C18H21NO3S. The second kappa shape index (κ2) is 7.92. The van der Waals surface area contributed by atoms with Gasteiger partial charge in [-0.05, 0) is 36.1 Å². The van der Waals surface area contributed by atoms with Gasteiger partial charge in [-0.25, -0.2) is 8.42 Å². The van der Waals surface area contributed by atoms with E-state index < -0.39 is 9.84 Å². The number of benzene rings is 2. The summed E-state index contributed by atoms with van der Waals surface area (Å²) in [5.74, 6) is -0.0508. The quantitative estimate of drug-likeness (QED) is 0.792. The van der Waals surface area contributed by atoms with Gasteiger partial charge < -0.3 is 5.32 Å². The Morgan fingerprint density at radius 2 is 1.61 bits per heavy atom. The van der Waals surface area contributed by atoms with E-state index in [0.717, 1.165) is 18.4 Å². The van der Waals surface area contributed by atoms with Gasteiger partial charge in [-0.3, -0.25) is 4.79 Å². The Bertz CT molecular complexity index is 738. The van der Waals surface area contributed by atoms with Crippen molar-refractivity contribution in [3.05, 3.63) is 65.7 Å². The maximum atomic E-state index is 11.9. The summed E-state index contributed by atoms with van der Waals surface area (Å²) in [6, 6.07) is 16.6. The SMILES string of the molecule is CS(=O)(=O)c1ccc(CC(=O)NCCCc2ccccc2)cc1. The molecule has 0 aromatic heterocycles. The first-order valence-corrected chi connectivity index (χ1v) is 9.44. The summed E-state index contributed by atoms with van der Waals surface area (Å²) in [5.41, 5.74) is 2.07. The largest absolute Gasteiger partial charge is 0.356 e. The molecule has 1 N–H and O–H groups in total. The van der Waals surface area contributed by atoms with Crippen LogP contribution in [0.15, 0.2) is 59.5 Å². The van der Waals surface area contributed by atoms with Gasteiger partial charge in [0.05, 0.1) is 11.3 Å². The summed E-state index contributed by atoms with van der Waals surface area (Å²) in [6.45, 7) is 0.634. The molecule has 0 fully saturated rings. The molecule has 0 radical (unpaired) electrons. The fraction of sp³-hybridized carbons (Fsp3) is 0.278. The zero-order chi connectivity index (χ0) is 16.7. The highest BCUT2D eigenvalue weighted by Gasteiger charge is 2.08. The normalized spacial score (nSPS) is 11.2. The van der Waals surface area contributed by atoms with Crippen LogP contribution in [0.25, 0.3) is 0 Å². The van der Waals surface area contributed by atoms with Crippen molar-refractivity contribution >= 4 is 15.7 Å². The second-order valence-electron chi connectivity index (χ2n) is 5.53. The van der Waals surface area contributed by atoms with Gasteiger partial charge in [-0.1, -0.05) is 42.5 Å². The van der Waals surface area contributed by atoms with E-state index >= 15 is 0 Å². The van der Waals surface area contributed by atoms with Crippen molar-refractivity contribution in [1.29, 1.82) is 0 Å². The molecule has 23 heavy (non-hydrogen) atoms. The minimum absolute atomic E-state index is 0.0508. The smallest absolute Gasteiger partial charge is 0.224 e. The monoisotopic (exact) mass is 331 g/mol. The Labute approximate surface area is 137 Å². The molecule has 0 unspecified atom stereocenters. The topological polar surface area (TPSA) is 63.2 Å². The Hall–Kier alpha value is -2.14. The zero-order valence-electron chi connectivity index (χ0n) is 13.2. The van der Waals surface area contributed by atoms with E-state index in [9.17, 15) is 13.2 Å². The van der Waals surface area contributed by atoms with Crippen molar-refractivity contribution in [2.24, 2.45) is 0 Å². The molecule has 4 nitrogen and oxygen atoms in total. The number of nitrogens with one attached hydrogen (secondary N) is 1. The van der Waals surface area contributed by atoms with Crippen LogP contribution in [0.1, 0.15) is 17.5 Å². The highest BCUT2D eigenvalue weighted by Crippen LogP contribution is 2.10. The summed E-state index contributed by atoms with van der Waals surface area (Å²) >= 11 is 0. The molecule has 0 heterocycles. The summed E-state index contributed by atoms with van der Waals surface area (Å²) in [7, 11) is -3.19. The third-order valence-electron chi connectivity index (χ3n) is 3.52. The predicted octanol–water partition coefficient (Wildman–Crippen LogP) is 2.38. The van der Waals surface area contributed by atoms with Crippen LogP contribution in [0.2, 0.25) is 0 Å². The van der Waals surface area contributed by atoms with Crippen LogP contribution >= 0.6 is 0 Å². The molecule has 0 aliphatic rings. The van der Waals surface area contributed by atoms with Crippen LogP contribution < -0.4 is 5.32 Å². The minimum Gasteiger partial charge on any atom is -0.356 e. The van der Waals surface area contributed by atoms with Gasteiger partial charge in [0.15, 0.2) is 9.84 Å². The zero-order valence-corrected chi connectivity index (χ0v) is 14.0. The lowest BCUT2D eigenvalue weighted by Crippen LogP contribution is -2.26. The minimum atomic E-state index is -3.19. The molecule has 2 aromatic rings. The van der Waals surface area contributed by atoms with Crippen molar-refractivity contribution < 1.29 is 13.2 Å². The lowest BCUT2D eigenvalue weighted by Gasteiger charge is -2.06. The van der Waals surface area contributed by atoms with Crippen molar-refractivity contribution in [3.8, 4) is 0 Å². The van der Waals surface area contributed by atoms with E-state index in [1.54, 1.807) is 12.1 Å². The van der Waals surface area contributed by atoms with Crippen LogP contribution in [-0.2, 0) is 27.5 Å². The van der Waals surface area contributed by atoms with Crippen molar-refractivity contribution in [2.75, 3.05) is 12.8 Å². The third kappa shape index (κ3) is 5.87.